The van der Waals surface area contributed by atoms with E-state index in [0.29, 0.717) is 0 Å². The molecule has 90 valence electrons. The monoisotopic (exact) mass is 350 g/mol. The second-order valence-corrected chi connectivity index (χ2v) is 5.08. The lowest BCUT2D eigenvalue weighted by molar-refractivity contribution is 0.415. The number of hydrogen-bond donors (Lipinski definition) is 1. The molecule has 0 saturated heterocycles. The zero-order valence-corrected chi connectivity index (χ0v) is 11.9. The Labute approximate surface area is 118 Å². The van der Waals surface area contributed by atoms with Gasteiger partial charge in [-0.1, -0.05) is 18.2 Å². The van der Waals surface area contributed by atoms with Crippen LogP contribution in [0.4, 0.5) is 0 Å². The fourth-order valence-electron chi connectivity index (χ4n) is 1.94. The molecule has 0 spiro atoms. The molecule has 0 fully saturated rings. The van der Waals surface area contributed by atoms with Crippen molar-refractivity contribution in [1.29, 1.82) is 0 Å². The van der Waals surface area contributed by atoms with Crippen molar-refractivity contribution in [3.05, 3.63) is 46.2 Å². The first-order valence-electron chi connectivity index (χ1n) is 5.56. The van der Waals surface area contributed by atoms with Gasteiger partial charge in [0, 0.05) is 5.39 Å². The first-order chi connectivity index (χ1) is 8.78. The number of H-pyrrole nitrogens is 1. The minimum atomic E-state index is 0.870. The zero-order chi connectivity index (χ0) is 12.5. The summed E-state index contributed by atoms with van der Waals surface area (Å²) in [7, 11) is 1.67. The largest absolute Gasteiger partial charge is 0.497 e. The molecule has 0 aliphatic carbocycles. The van der Waals surface area contributed by atoms with E-state index in [1.165, 1.54) is 0 Å². The van der Waals surface area contributed by atoms with Gasteiger partial charge in [0.25, 0.3) is 0 Å². The van der Waals surface area contributed by atoms with Crippen molar-refractivity contribution in [2.45, 2.75) is 0 Å². The Morgan fingerprint density at radius 3 is 2.50 bits per heavy atom. The van der Waals surface area contributed by atoms with Crippen LogP contribution in [0.3, 0.4) is 0 Å². The lowest BCUT2D eigenvalue weighted by Crippen LogP contribution is -1.83. The summed E-state index contributed by atoms with van der Waals surface area (Å²) in [5, 5.41) is 8.43. The Hall–Kier alpha value is -1.56. The third-order valence-electron chi connectivity index (χ3n) is 2.93. The maximum Gasteiger partial charge on any atom is 0.118 e. The van der Waals surface area contributed by atoms with Gasteiger partial charge < -0.3 is 4.74 Å². The van der Waals surface area contributed by atoms with Gasteiger partial charge in [-0.15, -0.1) is 0 Å². The number of hydrogen-bond acceptors (Lipinski definition) is 2. The van der Waals surface area contributed by atoms with Gasteiger partial charge in [0.1, 0.15) is 9.45 Å². The van der Waals surface area contributed by atoms with Crippen LogP contribution in [0.2, 0.25) is 0 Å². The van der Waals surface area contributed by atoms with E-state index < -0.39 is 0 Å². The number of ether oxygens (including phenoxy) is 1. The zero-order valence-electron chi connectivity index (χ0n) is 9.77. The fraction of sp³-hybridized carbons (Fsp3) is 0.0714. The summed E-state index contributed by atoms with van der Waals surface area (Å²) in [5.41, 5.74) is 3.32. The molecule has 4 heteroatoms. The Bertz CT molecular complexity index is 689. The highest BCUT2D eigenvalue weighted by Gasteiger charge is 2.04. The van der Waals surface area contributed by atoms with Crippen molar-refractivity contribution in [2.75, 3.05) is 7.11 Å². The van der Waals surface area contributed by atoms with E-state index in [1.807, 2.05) is 12.1 Å². The molecule has 0 unspecified atom stereocenters. The third-order valence-corrected chi connectivity index (χ3v) is 3.75. The minimum absolute atomic E-state index is 0.870. The van der Waals surface area contributed by atoms with Crippen LogP contribution in [-0.2, 0) is 0 Å². The summed E-state index contributed by atoms with van der Waals surface area (Å²) in [4.78, 5) is 0. The van der Waals surface area contributed by atoms with E-state index in [2.05, 4.69) is 63.1 Å². The van der Waals surface area contributed by atoms with Crippen molar-refractivity contribution in [3.63, 3.8) is 0 Å². The molecule has 18 heavy (non-hydrogen) atoms. The lowest BCUT2D eigenvalue weighted by atomic mass is 10.0. The van der Waals surface area contributed by atoms with Crippen LogP contribution in [0.5, 0.6) is 5.75 Å². The minimum Gasteiger partial charge on any atom is -0.497 e. The van der Waals surface area contributed by atoms with Gasteiger partial charge in [0.2, 0.25) is 0 Å². The highest BCUT2D eigenvalue weighted by molar-refractivity contribution is 14.1. The van der Waals surface area contributed by atoms with Gasteiger partial charge >= 0.3 is 0 Å². The standard InChI is InChI=1S/C14H11IN2O/c1-18-11-5-2-9(3-6-11)10-4-7-12-13(8-10)16-17-14(12)15/h2-8H,1H3,(H,16,17). The number of nitrogens with zero attached hydrogens (tertiary/aromatic N) is 1. The Balaban J connectivity index is 2.07. The van der Waals surface area contributed by atoms with Gasteiger partial charge in [-0.05, 0) is 58.0 Å². The number of aromatic nitrogens is 2. The highest BCUT2D eigenvalue weighted by Crippen LogP contribution is 2.26. The van der Waals surface area contributed by atoms with Gasteiger partial charge in [-0.25, -0.2) is 0 Å². The molecule has 2 aromatic carbocycles. The molecule has 0 aliphatic rings. The van der Waals surface area contributed by atoms with E-state index in [1.54, 1.807) is 7.11 Å². The molecule has 1 heterocycles. The van der Waals surface area contributed by atoms with Gasteiger partial charge in [0.05, 0.1) is 12.6 Å². The van der Waals surface area contributed by atoms with E-state index in [4.69, 9.17) is 4.74 Å². The van der Waals surface area contributed by atoms with Gasteiger partial charge in [-0.2, -0.15) is 5.10 Å². The second-order valence-electron chi connectivity index (χ2n) is 4.00. The smallest absolute Gasteiger partial charge is 0.118 e. The van der Waals surface area contributed by atoms with Gasteiger partial charge in [0.15, 0.2) is 0 Å². The molecule has 0 amide bonds. The predicted molar refractivity (Wildman–Crippen MR) is 80.8 cm³/mol. The topological polar surface area (TPSA) is 37.9 Å². The van der Waals surface area contributed by atoms with Crippen molar-refractivity contribution in [1.82, 2.24) is 10.2 Å². The number of fused-ring (bicyclic) bond motifs is 1. The predicted octanol–water partition coefficient (Wildman–Crippen LogP) is 3.84. The summed E-state index contributed by atoms with van der Waals surface area (Å²) < 4.78 is 6.23. The summed E-state index contributed by atoms with van der Waals surface area (Å²) in [5.74, 6) is 0.870. The molecule has 0 bridgehead atoms. The molecule has 0 atom stereocenters. The van der Waals surface area contributed by atoms with Crippen molar-refractivity contribution in [3.8, 4) is 16.9 Å². The molecule has 0 aliphatic heterocycles. The molecule has 0 saturated carbocycles. The Kier molecular flexibility index (Phi) is 2.95. The maximum absolute atomic E-state index is 5.16. The molecule has 1 N–H and O–H groups in total. The van der Waals surface area contributed by atoms with Crippen molar-refractivity contribution < 1.29 is 4.74 Å². The second kappa shape index (κ2) is 4.61. The first kappa shape index (κ1) is 11.5. The number of rotatable bonds is 2. The molecule has 3 aromatic rings. The first-order valence-corrected chi connectivity index (χ1v) is 6.64. The van der Waals surface area contributed by atoms with Crippen LogP contribution in [-0.4, -0.2) is 17.3 Å². The van der Waals surface area contributed by atoms with Crippen molar-refractivity contribution in [2.24, 2.45) is 0 Å². The number of aromatic amines is 1. The number of halogens is 1. The molecular weight excluding hydrogens is 339 g/mol. The Morgan fingerprint density at radius 1 is 1.06 bits per heavy atom. The van der Waals surface area contributed by atoms with E-state index in [0.717, 1.165) is 31.5 Å². The van der Waals surface area contributed by atoms with Crippen LogP contribution in [0, 0.1) is 3.70 Å². The average Bonchev–Trinajstić information content (AvgIpc) is 2.80. The van der Waals surface area contributed by atoms with Crippen molar-refractivity contribution >= 4 is 33.5 Å². The van der Waals surface area contributed by atoms with Crippen LogP contribution in [0.1, 0.15) is 0 Å². The quantitative estimate of drug-likeness (QED) is 0.713. The number of nitrogens with one attached hydrogen (secondary N) is 1. The van der Waals surface area contributed by atoms with Crippen LogP contribution in [0.15, 0.2) is 42.5 Å². The normalized spacial score (nSPS) is 10.8. The van der Waals surface area contributed by atoms with Crippen LogP contribution >= 0.6 is 22.6 Å². The summed E-state index contributed by atoms with van der Waals surface area (Å²) in [6, 6.07) is 14.3. The molecule has 3 nitrogen and oxygen atoms in total. The summed E-state index contributed by atoms with van der Waals surface area (Å²) >= 11 is 2.25. The molecular formula is C14H11IN2O. The lowest BCUT2D eigenvalue weighted by Gasteiger charge is -2.03. The number of benzene rings is 2. The maximum atomic E-state index is 5.16. The fourth-order valence-corrected chi connectivity index (χ4v) is 2.52. The van der Waals surface area contributed by atoms with Crippen LogP contribution in [0.25, 0.3) is 22.0 Å². The Morgan fingerprint density at radius 2 is 1.78 bits per heavy atom. The highest BCUT2D eigenvalue weighted by atomic mass is 127. The van der Waals surface area contributed by atoms with Gasteiger partial charge in [-0.3, -0.25) is 5.10 Å². The third kappa shape index (κ3) is 1.96. The molecule has 3 rings (SSSR count). The van der Waals surface area contributed by atoms with E-state index in [-0.39, 0.29) is 0 Å². The number of methoxy groups -OCH3 is 1. The molecule has 1 aromatic heterocycles. The van der Waals surface area contributed by atoms with E-state index in [9.17, 15) is 0 Å². The molecule has 0 radical (unpaired) electrons. The van der Waals surface area contributed by atoms with Crippen LogP contribution < -0.4 is 4.74 Å². The summed E-state index contributed by atoms with van der Waals surface area (Å²) in [6.07, 6.45) is 0. The average molecular weight is 350 g/mol. The summed E-state index contributed by atoms with van der Waals surface area (Å²) in [6.45, 7) is 0. The van der Waals surface area contributed by atoms with E-state index >= 15 is 0 Å². The SMILES string of the molecule is COc1ccc(-c2ccc3c(I)[nH]nc3c2)cc1.